The van der Waals surface area contributed by atoms with Gasteiger partial charge in [0.15, 0.2) is 6.61 Å². The molecule has 192 valence electrons. The molecule has 0 bridgehead atoms. The molecule has 2 amide bonds. The number of rotatable bonds is 10. The maximum absolute atomic E-state index is 12.9. The maximum atomic E-state index is 12.9. The smallest absolute Gasteiger partial charge is 0.422 e. The summed E-state index contributed by atoms with van der Waals surface area (Å²) in [5.41, 5.74) is 0.410. The highest BCUT2D eigenvalue weighted by Gasteiger charge is 2.30. The van der Waals surface area contributed by atoms with Crippen LogP contribution in [-0.4, -0.2) is 77.4 Å². The first-order valence-electron chi connectivity index (χ1n) is 11.7. The second-order valence-corrected chi connectivity index (χ2v) is 9.12. The fourth-order valence-corrected chi connectivity index (χ4v) is 4.14. The predicted octanol–water partition coefficient (Wildman–Crippen LogP) is 3.52. The van der Waals surface area contributed by atoms with E-state index in [1.54, 1.807) is 16.9 Å². The van der Waals surface area contributed by atoms with E-state index in [1.807, 2.05) is 0 Å². The number of carboxylic acid groups (broad SMARTS) is 1. The number of hydrogen-bond acceptors (Lipinski definition) is 5. The zero-order valence-corrected chi connectivity index (χ0v) is 19.2. The van der Waals surface area contributed by atoms with E-state index in [9.17, 15) is 22.8 Å². The van der Waals surface area contributed by atoms with Crippen LogP contribution in [0.15, 0.2) is 18.3 Å². The number of benzene rings is 1. The molecular formula is C23H29F3N4O5. The Hall–Kier alpha value is -3.02. The van der Waals surface area contributed by atoms with Crippen LogP contribution in [0.1, 0.15) is 36.0 Å². The van der Waals surface area contributed by atoms with Crippen molar-refractivity contribution in [1.29, 1.82) is 0 Å². The van der Waals surface area contributed by atoms with Gasteiger partial charge >= 0.3 is 12.3 Å². The number of carbonyl (C=O) groups excluding carboxylic acids is 1. The van der Waals surface area contributed by atoms with Crippen LogP contribution in [0.2, 0.25) is 0 Å². The third-order valence-electron chi connectivity index (χ3n) is 6.22. The Kier molecular flexibility index (Phi) is 7.68. The summed E-state index contributed by atoms with van der Waals surface area (Å²) in [6, 6.07) is 2.99. The first kappa shape index (κ1) is 25.1. The number of piperidine rings is 1. The number of halogens is 3. The second-order valence-electron chi connectivity index (χ2n) is 9.12. The number of ether oxygens (including phenoxy) is 2. The minimum Gasteiger partial charge on any atom is -0.483 e. The van der Waals surface area contributed by atoms with Gasteiger partial charge in [-0.2, -0.15) is 18.3 Å². The summed E-state index contributed by atoms with van der Waals surface area (Å²) >= 11 is 0. The SMILES string of the molecule is O=C(NCCOCC1CC1)c1ccc2nn(CC3CCN(C(=O)O)CC3)cc2c1OCC(F)(F)F. The molecule has 0 spiro atoms. The van der Waals surface area contributed by atoms with Crippen LogP contribution in [0.5, 0.6) is 5.75 Å². The summed E-state index contributed by atoms with van der Waals surface area (Å²) in [5.74, 6) is 0.0608. The molecule has 2 aliphatic rings. The van der Waals surface area contributed by atoms with E-state index in [4.69, 9.17) is 14.6 Å². The molecule has 0 unspecified atom stereocenters. The van der Waals surface area contributed by atoms with Crippen molar-refractivity contribution in [2.45, 2.75) is 38.4 Å². The Labute approximate surface area is 200 Å². The van der Waals surface area contributed by atoms with Gasteiger partial charge in [-0.25, -0.2) is 4.79 Å². The van der Waals surface area contributed by atoms with Gasteiger partial charge in [-0.1, -0.05) is 0 Å². The van der Waals surface area contributed by atoms with Crippen molar-refractivity contribution in [3.8, 4) is 5.75 Å². The summed E-state index contributed by atoms with van der Waals surface area (Å²) in [7, 11) is 0. The third kappa shape index (κ3) is 7.00. The van der Waals surface area contributed by atoms with Crippen LogP contribution < -0.4 is 10.1 Å². The third-order valence-corrected chi connectivity index (χ3v) is 6.22. The molecule has 2 fully saturated rings. The van der Waals surface area contributed by atoms with Gasteiger partial charge in [-0.3, -0.25) is 9.48 Å². The van der Waals surface area contributed by atoms with Crippen LogP contribution in [0.3, 0.4) is 0 Å². The van der Waals surface area contributed by atoms with Gasteiger partial charge in [0.05, 0.1) is 23.1 Å². The zero-order valence-electron chi connectivity index (χ0n) is 19.2. The summed E-state index contributed by atoms with van der Waals surface area (Å²) in [5, 5.41) is 16.5. The van der Waals surface area contributed by atoms with Crippen molar-refractivity contribution in [2.75, 3.05) is 39.5 Å². The standard InChI is InChI=1S/C23H29F3N4O5/c24-23(25,26)14-35-20-17(21(31)27-7-10-34-13-16-1-2-16)3-4-19-18(20)12-30(28-19)11-15-5-8-29(9-6-15)22(32)33/h3-4,12,15-16H,1-2,5-11,13-14H2,(H,27,31)(H,32,33). The van der Waals surface area contributed by atoms with E-state index < -0.39 is 24.8 Å². The number of carbonyl (C=O) groups is 2. The largest absolute Gasteiger partial charge is 0.483 e. The van der Waals surface area contributed by atoms with Gasteiger partial charge < -0.3 is 24.8 Å². The van der Waals surface area contributed by atoms with Gasteiger partial charge in [0.25, 0.3) is 5.91 Å². The van der Waals surface area contributed by atoms with Gasteiger partial charge in [0.2, 0.25) is 0 Å². The number of fused-ring (bicyclic) bond motifs is 1. The first-order chi connectivity index (χ1) is 16.7. The Morgan fingerprint density at radius 3 is 2.54 bits per heavy atom. The van der Waals surface area contributed by atoms with Gasteiger partial charge in [-0.15, -0.1) is 0 Å². The van der Waals surface area contributed by atoms with E-state index in [2.05, 4.69) is 10.4 Å². The summed E-state index contributed by atoms with van der Waals surface area (Å²) in [6.07, 6.45) is -0.295. The first-order valence-corrected chi connectivity index (χ1v) is 11.7. The lowest BCUT2D eigenvalue weighted by Crippen LogP contribution is -2.38. The fourth-order valence-electron chi connectivity index (χ4n) is 4.14. The minimum atomic E-state index is -4.57. The number of hydrogen-bond donors (Lipinski definition) is 2. The molecule has 1 saturated carbocycles. The molecule has 12 heteroatoms. The van der Waals surface area contributed by atoms with Crippen molar-refractivity contribution < 1.29 is 37.3 Å². The summed E-state index contributed by atoms with van der Waals surface area (Å²) in [6.45, 7) is 1.01. The Bertz CT molecular complexity index is 1050. The van der Waals surface area contributed by atoms with Gasteiger partial charge in [-0.05, 0) is 49.7 Å². The second kappa shape index (κ2) is 10.7. The Balaban J connectivity index is 1.46. The summed E-state index contributed by atoms with van der Waals surface area (Å²) in [4.78, 5) is 25.2. The number of likely N-dealkylation sites (tertiary alicyclic amines) is 1. The van der Waals surface area contributed by atoms with Gasteiger partial charge in [0, 0.05) is 39.0 Å². The topological polar surface area (TPSA) is 106 Å². The molecule has 0 atom stereocenters. The molecule has 1 aliphatic carbocycles. The predicted molar refractivity (Wildman–Crippen MR) is 119 cm³/mol. The van der Waals surface area contributed by atoms with Crippen molar-refractivity contribution in [2.24, 2.45) is 11.8 Å². The average molecular weight is 499 g/mol. The minimum absolute atomic E-state index is 0.00161. The molecule has 2 N–H and O–H groups in total. The highest BCUT2D eigenvalue weighted by Crippen LogP contribution is 2.32. The fraction of sp³-hybridized carbons (Fsp3) is 0.609. The molecule has 1 aromatic heterocycles. The maximum Gasteiger partial charge on any atom is 0.422 e. The molecule has 2 heterocycles. The number of amides is 2. The Morgan fingerprint density at radius 2 is 1.89 bits per heavy atom. The number of alkyl halides is 3. The molecule has 0 radical (unpaired) electrons. The normalized spacial score (nSPS) is 17.1. The van der Waals surface area contributed by atoms with Gasteiger partial charge in [0.1, 0.15) is 5.75 Å². The van der Waals surface area contributed by atoms with Crippen molar-refractivity contribution in [3.63, 3.8) is 0 Å². The molecule has 1 saturated heterocycles. The van der Waals surface area contributed by atoms with Crippen LogP contribution >= 0.6 is 0 Å². The lowest BCUT2D eigenvalue weighted by atomic mass is 9.97. The average Bonchev–Trinajstić information content (AvgIpc) is 3.54. The van der Waals surface area contributed by atoms with Crippen molar-refractivity contribution in [3.05, 3.63) is 23.9 Å². The van der Waals surface area contributed by atoms with E-state index in [0.717, 1.165) is 12.8 Å². The van der Waals surface area contributed by atoms with E-state index in [0.29, 0.717) is 62.5 Å². The molecule has 2 aromatic rings. The van der Waals surface area contributed by atoms with Crippen molar-refractivity contribution >= 4 is 22.9 Å². The molecular weight excluding hydrogens is 469 g/mol. The monoisotopic (exact) mass is 498 g/mol. The zero-order chi connectivity index (χ0) is 25.0. The quantitative estimate of drug-likeness (QED) is 0.486. The van der Waals surface area contributed by atoms with Crippen LogP contribution in [-0.2, 0) is 11.3 Å². The highest BCUT2D eigenvalue weighted by atomic mass is 19.4. The van der Waals surface area contributed by atoms with Crippen LogP contribution in [0.25, 0.3) is 10.9 Å². The number of nitrogens with zero attached hydrogens (tertiary/aromatic N) is 3. The lowest BCUT2D eigenvalue weighted by Gasteiger charge is -2.29. The van der Waals surface area contributed by atoms with Crippen LogP contribution in [0, 0.1) is 11.8 Å². The van der Waals surface area contributed by atoms with E-state index in [1.165, 1.54) is 11.0 Å². The molecule has 1 aliphatic heterocycles. The van der Waals surface area contributed by atoms with Crippen molar-refractivity contribution in [1.82, 2.24) is 20.0 Å². The molecule has 1 aromatic carbocycles. The van der Waals surface area contributed by atoms with E-state index in [-0.39, 0.29) is 23.8 Å². The van der Waals surface area contributed by atoms with E-state index >= 15 is 0 Å². The summed E-state index contributed by atoms with van der Waals surface area (Å²) < 4.78 is 51.0. The lowest BCUT2D eigenvalue weighted by molar-refractivity contribution is -0.153. The molecule has 35 heavy (non-hydrogen) atoms. The molecule has 9 nitrogen and oxygen atoms in total. The highest BCUT2D eigenvalue weighted by molar-refractivity contribution is 6.03. The van der Waals surface area contributed by atoms with Crippen LogP contribution in [0.4, 0.5) is 18.0 Å². The molecule has 4 rings (SSSR count). The number of nitrogens with one attached hydrogen (secondary N) is 1. The number of aromatic nitrogens is 2. The Morgan fingerprint density at radius 1 is 1.14 bits per heavy atom.